The van der Waals surface area contributed by atoms with E-state index < -0.39 is 0 Å². The lowest BCUT2D eigenvalue weighted by Crippen LogP contribution is -2.47. The van der Waals surface area contributed by atoms with E-state index in [1.807, 2.05) is 30.9 Å². The fourth-order valence-corrected chi connectivity index (χ4v) is 2.79. The van der Waals surface area contributed by atoms with Crippen LogP contribution in [0.3, 0.4) is 0 Å². The van der Waals surface area contributed by atoms with E-state index in [0.717, 1.165) is 50.5 Å². The average molecular weight is 321 g/mol. The van der Waals surface area contributed by atoms with E-state index >= 15 is 0 Å². The maximum Gasteiger partial charge on any atom is 0.309 e. The van der Waals surface area contributed by atoms with Gasteiger partial charge in [-0.1, -0.05) is 0 Å². The second kappa shape index (κ2) is 8.55. The molecule has 1 aromatic rings. The van der Waals surface area contributed by atoms with Crippen molar-refractivity contribution in [2.45, 2.75) is 33.2 Å². The van der Waals surface area contributed by atoms with E-state index in [2.05, 4.69) is 20.3 Å². The van der Waals surface area contributed by atoms with Gasteiger partial charge in [0.2, 0.25) is 0 Å². The zero-order chi connectivity index (χ0) is 16.7. The molecule has 0 saturated carbocycles. The highest BCUT2D eigenvalue weighted by Crippen LogP contribution is 2.18. The Kier molecular flexibility index (Phi) is 6.43. The summed E-state index contributed by atoms with van der Waals surface area (Å²) in [7, 11) is 1.79. The molecule has 0 unspecified atom stereocenters. The molecule has 1 aromatic heterocycles. The molecule has 1 fully saturated rings. The first-order chi connectivity index (χ1) is 11.1. The molecular weight excluding hydrogens is 294 g/mol. The highest BCUT2D eigenvalue weighted by atomic mass is 16.5. The Hall–Kier alpha value is -2.05. The Labute approximate surface area is 137 Å². The number of nitrogens with one attached hydrogen (secondary N) is 1. The first kappa shape index (κ1) is 17.3. The van der Waals surface area contributed by atoms with Crippen molar-refractivity contribution >= 4 is 11.9 Å². The molecule has 1 saturated heterocycles. The summed E-state index contributed by atoms with van der Waals surface area (Å²) in [5.74, 6) is 0.844. The summed E-state index contributed by atoms with van der Waals surface area (Å²) in [6.07, 6.45) is 5.51. The molecule has 0 aromatic carbocycles. The minimum Gasteiger partial charge on any atom is -0.466 e. The number of ether oxygens (including phenoxy) is 1. The average Bonchev–Trinajstić information content (AvgIpc) is 2.97. The summed E-state index contributed by atoms with van der Waals surface area (Å²) in [5, 5.41) is 7.63. The van der Waals surface area contributed by atoms with Gasteiger partial charge in [0.05, 0.1) is 25.3 Å². The number of rotatable bonds is 5. The molecule has 0 radical (unpaired) electrons. The summed E-state index contributed by atoms with van der Waals surface area (Å²) < 4.78 is 7.03. The molecule has 1 N–H and O–H groups in total. The predicted octanol–water partition coefficient (Wildman–Crippen LogP) is 1.04. The first-order valence-corrected chi connectivity index (χ1v) is 8.25. The van der Waals surface area contributed by atoms with Crippen LogP contribution in [0, 0.1) is 12.8 Å². The lowest BCUT2D eigenvalue weighted by molar-refractivity contribution is -0.149. The molecular formula is C16H27N5O2. The van der Waals surface area contributed by atoms with Crippen LogP contribution in [-0.2, 0) is 16.1 Å². The third-order valence-corrected chi connectivity index (χ3v) is 4.01. The van der Waals surface area contributed by atoms with E-state index in [1.54, 1.807) is 7.05 Å². The van der Waals surface area contributed by atoms with E-state index in [4.69, 9.17) is 4.74 Å². The molecule has 7 heteroatoms. The number of piperidine rings is 1. The van der Waals surface area contributed by atoms with E-state index in [0.29, 0.717) is 6.61 Å². The van der Waals surface area contributed by atoms with E-state index in [1.165, 1.54) is 0 Å². The standard InChI is InChI=1S/C16H27N5O2/c1-4-23-15(22)14-5-8-20(9-6-14)16(17-3)18-7-10-21-12-13(2)11-19-21/h11-12,14H,4-10H2,1-3H3,(H,17,18). The summed E-state index contributed by atoms with van der Waals surface area (Å²) in [6, 6.07) is 0. The molecule has 0 atom stereocenters. The Morgan fingerprint density at radius 2 is 2.22 bits per heavy atom. The van der Waals surface area contributed by atoms with Crippen molar-refractivity contribution in [3.8, 4) is 0 Å². The molecule has 2 rings (SSSR count). The van der Waals surface area contributed by atoms with Crippen LogP contribution in [0.4, 0.5) is 0 Å². The van der Waals surface area contributed by atoms with Crippen LogP contribution >= 0.6 is 0 Å². The number of esters is 1. The number of aromatic nitrogens is 2. The van der Waals surface area contributed by atoms with Crippen LogP contribution in [-0.4, -0.2) is 59.9 Å². The number of carbonyl (C=O) groups is 1. The summed E-state index contributed by atoms with van der Waals surface area (Å²) in [4.78, 5) is 18.3. The Bertz CT molecular complexity index is 532. The molecule has 2 heterocycles. The molecule has 23 heavy (non-hydrogen) atoms. The predicted molar refractivity (Wildman–Crippen MR) is 89.3 cm³/mol. The quantitative estimate of drug-likeness (QED) is 0.498. The van der Waals surface area contributed by atoms with Crippen LogP contribution in [0.5, 0.6) is 0 Å². The number of aliphatic imine (C=N–C) groups is 1. The SMILES string of the molecule is CCOC(=O)C1CCN(C(=NC)NCCn2cc(C)cn2)CC1. The third kappa shape index (κ3) is 4.97. The number of aryl methyl sites for hydroxylation is 1. The Morgan fingerprint density at radius 3 is 2.78 bits per heavy atom. The number of guanidine groups is 1. The molecule has 7 nitrogen and oxygen atoms in total. The van der Waals surface area contributed by atoms with Crippen molar-refractivity contribution in [1.82, 2.24) is 20.0 Å². The summed E-state index contributed by atoms with van der Waals surface area (Å²) in [5.41, 5.74) is 1.16. The van der Waals surface area contributed by atoms with Crippen LogP contribution in [0.1, 0.15) is 25.3 Å². The lowest BCUT2D eigenvalue weighted by Gasteiger charge is -2.33. The lowest BCUT2D eigenvalue weighted by atomic mass is 9.97. The smallest absolute Gasteiger partial charge is 0.309 e. The molecule has 1 aliphatic heterocycles. The molecule has 0 spiro atoms. The second-order valence-electron chi connectivity index (χ2n) is 5.77. The monoisotopic (exact) mass is 321 g/mol. The zero-order valence-electron chi connectivity index (χ0n) is 14.3. The van der Waals surface area contributed by atoms with Gasteiger partial charge in [-0.05, 0) is 32.3 Å². The van der Waals surface area contributed by atoms with Crippen LogP contribution in [0.25, 0.3) is 0 Å². The topological polar surface area (TPSA) is 71.8 Å². The maximum atomic E-state index is 11.8. The maximum absolute atomic E-state index is 11.8. The van der Waals surface area contributed by atoms with Gasteiger partial charge >= 0.3 is 5.97 Å². The molecule has 0 bridgehead atoms. The fourth-order valence-electron chi connectivity index (χ4n) is 2.79. The minimum absolute atomic E-state index is 0.0244. The number of nitrogens with zero attached hydrogens (tertiary/aromatic N) is 4. The van der Waals surface area contributed by atoms with Crippen molar-refractivity contribution in [1.29, 1.82) is 0 Å². The summed E-state index contributed by atoms with van der Waals surface area (Å²) in [6.45, 7) is 7.55. The van der Waals surface area contributed by atoms with Gasteiger partial charge in [-0.25, -0.2) is 0 Å². The number of hydrogen-bond donors (Lipinski definition) is 1. The van der Waals surface area contributed by atoms with Crippen LogP contribution in [0.2, 0.25) is 0 Å². The van der Waals surface area contributed by atoms with Crippen molar-refractivity contribution in [3.05, 3.63) is 18.0 Å². The number of hydrogen-bond acceptors (Lipinski definition) is 4. The second-order valence-corrected chi connectivity index (χ2v) is 5.77. The van der Waals surface area contributed by atoms with Crippen molar-refractivity contribution < 1.29 is 9.53 Å². The molecule has 0 aliphatic carbocycles. The summed E-state index contributed by atoms with van der Waals surface area (Å²) >= 11 is 0. The molecule has 128 valence electrons. The first-order valence-electron chi connectivity index (χ1n) is 8.25. The highest BCUT2D eigenvalue weighted by molar-refractivity contribution is 5.80. The molecule has 1 aliphatic rings. The number of carbonyl (C=O) groups excluding carboxylic acids is 1. The normalized spacial score (nSPS) is 16.5. The van der Waals surface area contributed by atoms with E-state index in [-0.39, 0.29) is 11.9 Å². The van der Waals surface area contributed by atoms with Gasteiger partial charge in [0.1, 0.15) is 0 Å². The van der Waals surface area contributed by atoms with Crippen molar-refractivity contribution in [2.75, 3.05) is 33.3 Å². The van der Waals surface area contributed by atoms with Gasteiger partial charge in [0, 0.05) is 32.9 Å². The van der Waals surface area contributed by atoms with E-state index in [9.17, 15) is 4.79 Å². The Morgan fingerprint density at radius 1 is 1.48 bits per heavy atom. The van der Waals surface area contributed by atoms with Crippen LogP contribution < -0.4 is 5.32 Å². The molecule has 0 amide bonds. The zero-order valence-corrected chi connectivity index (χ0v) is 14.3. The van der Waals surface area contributed by atoms with Crippen molar-refractivity contribution in [2.24, 2.45) is 10.9 Å². The van der Waals surface area contributed by atoms with Gasteiger partial charge in [-0.2, -0.15) is 5.10 Å². The highest BCUT2D eigenvalue weighted by Gasteiger charge is 2.27. The van der Waals surface area contributed by atoms with Crippen LogP contribution in [0.15, 0.2) is 17.4 Å². The fraction of sp³-hybridized carbons (Fsp3) is 0.688. The van der Waals surface area contributed by atoms with Gasteiger partial charge in [-0.15, -0.1) is 0 Å². The minimum atomic E-state index is -0.0656. The number of likely N-dealkylation sites (tertiary alicyclic amines) is 1. The van der Waals surface area contributed by atoms with Gasteiger partial charge in [0.25, 0.3) is 0 Å². The van der Waals surface area contributed by atoms with Gasteiger partial charge in [-0.3, -0.25) is 14.5 Å². The third-order valence-electron chi connectivity index (χ3n) is 4.01. The van der Waals surface area contributed by atoms with Gasteiger partial charge in [0.15, 0.2) is 5.96 Å². The largest absolute Gasteiger partial charge is 0.466 e. The van der Waals surface area contributed by atoms with Crippen molar-refractivity contribution in [3.63, 3.8) is 0 Å². The van der Waals surface area contributed by atoms with Gasteiger partial charge < -0.3 is 15.0 Å². The Balaban J connectivity index is 1.75.